The van der Waals surface area contributed by atoms with Crippen molar-refractivity contribution in [3.63, 3.8) is 0 Å². The predicted octanol–water partition coefficient (Wildman–Crippen LogP) is 6.67. The van der Waals surface area contributed by atoms with E-state index in [0.717, 1.165) is 0 Å². The van der Waals surface area contributed by atoms with Crippen LogP contribution < -0.4 is 0 Å². The Balaban J connectivity index is 2.68. The molecule has 0 aromatic rings. The van der Waals surface area contributed by atoms with E-state index in [-0.39, 0.29) is 6.10 Å². The molecule has 0 saturated carbocycles. The third-order valence-electron chi connectivity index (χ3n) is 6.78. The monoisotopic (exact) mass is 344 g/mol. The number of allylic oxidation sites excluding steroid dienone is 8. The molecule has 1 nitrogen and oxygen atoms in total. The minimum atomic E-state index is -2.19. The zero-order chi connectivity index (χ0) is 18.6. The highest BCUT2D eigenvalue weighted by Gasteiger charge is 2.49. The largest absolute Gasteiger partial charge is 0.406 e. The van der Waals surface area contributed by atoms with Gasteiger partial charge in [-0.15, -0.1) is 0 Å². The quantitative estimate of drug-likeness (QED) is 0.517. The lowest BCUT2D eigenvalue weighted by Gasteiger charge is -2.38. The van der Waals surface area contributed by atoms with E-state index in [2.05, 4.69) is 75.8 Å². The van der Waals surface area contributed by atoms with Crippen molar-refractivity contribution < 1.29 is 4.43 Å². The van der Waals surface area contributed by atoms with Gasteiger partial charge in [-0.25, -0.2) is 0 Å². The Morgan fingerprint density at radius 3 is 1.25 bits per heavy atom. The van der Waals surface area contributed by atoms with Crippen LogP contribution in [0.5, 0.6) is 0 Å². The highest BCUT2D eigenvalue weighted by molar-refractivity contribution is 6.87. The molecule has 0 fully saturated rings. The van der Waals surface area contributed by atoms with Gasteiger partial charge in [-0.3, -0.25) is 0 Å². The molecule has 0 aliphatic heterocycles. The predicted molar refractivity (Wildman–Crippen MR) is 108 cm³/mol. The van der Waals surface area contributed by atoms with Gasteiger partial charge in [0, 0.05) is 6.10 Å². The molecular formula is C22H36OSi. The van der Waals surface area contributed by atoms with Crippen LogP contribution in [0.4, 0.5) is 0 Å². The van der Waals surface area contributed by atoms with Crippen LogP contribution in [-0.4, -0.2) is 14.4 Å². The summed E-state index contributed by atoms with van der Waals surface area (Å²) in [4.78, 5) is 0. The molecule has 0 aromatic heterocycles. The van der Waals surface area contributed by atoms with E-state index in [4.69, 9.17) is 4.43 Å². The van der Waals surface area contributed by atoms with Gasteiger partial charge in [-0.05, 0) is 106 Å². The normalized spacial score (nSPS) is 28.0. The Bertz CT molecular complexity index is 633. The first-order valence-corrected chi connectivity index (χ1v) is 11.8. The lowest BCUT2D eigenvalue weighted by Crippen LogP contribution is -2.46. The fraction of sp³-hybridized carbons (Fsp3) is 0.636. The van der Waals surface area contributed by atoms with E-state index in [1.165, 1.54) is 33.4 Å². The van der Waals surface area contributed by atoms with Crippen molar-refractivity contribution >= 4 is 8.32 Å². The van der Waals surface area contributed by atoms with Crippen LogP contribution in [0.2, 0.25) is 6.55 Å². The van der Waals surface area contributed by atoms with Crippen molar-refractivity contribution in [2.45, 2.75) is 81.9 Å². The Labute approximate surface area is 150 Å². The SMILES string of the molecule is CC1=C(C)C(C)C([Si](C)(OC(C)C)C2=C(C)C(C)=C(C)C2C)=C1C. The van der Waals surface area contributed by atoms with Gasteiger partial charge in [-0.1, -0.05) is 25.0 Å². The minimum absolute atomic E-state index is 0.254. The molecular weight excluding hydrogens is 308 g/mol. The summed E-state index contributed by atoms with van der Waals surface area (Å²) in [5.41, 5.74) is 8.99. The molecule has 2 aliphatic carbocycles. The van der Waals surface area contributed by atoms with E-state index >= 15 is 0 Å². The summed E-state index contributed by atoms with van der Waals surface area (Å²) in [6.07, 6.45) is 0.254. The molecule has 2 rings (SSSR count). The standard InChI is InChI=1S/C22H36OSi/c1-12(2)23-24(11,21-17(7)13(3)14(4)18(21)8)22-19(9)15(5)16(6)20(22)10/h12,17,19H,1-11H3. The Kier molecular flexibility index (Phi) is 5.24. The van der Waals surface area contributed by atoms with Gasteiger partial charge in [-0.2, -0.15) is 0 Å². The van der Waals surface area contributed by atoms with E-state index in [1.807, 2.05) is 0 Å². The second-order valence-electron chi connectivity index (χ2n) is 8.34. The molecule has 2 atom stereocenters. The molecule has 0 aromatic carbocycles. The molecule has 2 aliphatic rings. The number of hydrogen-bond donors (Lipinski definition) is 0. The summed E-state index contributed by atoms with van der Waals surface area (Å²) in [6.45, 7) is 25.4. The Morgan fingerprint density at radius 1 is 0.708 bits per heavy atom. The van der Waals surface area contributed by atoms with Crippen LogP contribution in [0.25, 0.3) is 0 Å². The second kappa shape index (κ2) is 6.46. The van der Waals surface area contributed by atoms with Crippen molar-refractivity contribution in [2.24, 2.45) is 11.8 Å². The molecule has 134 valence electrons. The van der Waals surface area contributed by atoms with Crippen LogP contribution >= 0.6 is 0 Å². The van der Waals surface area contributed by atoms with Crippen LogP contribution in [0.15, 0.2) is 43.8 Å². The maximum absolute atomic E-state index is 6.85. The summed E-state index contributed by atoms with van der Waals surface area (Å²) < 4.78 is 6.85. The molecule has 0 bridgehead atoms. The van der Waals surface area contributed by atoms with E-state index in [9.17, 15) is 0 Å². The molecule has 0 spiro atoms. The van der Waals surface area contributed by atoms with Crippen LogP contribution in [-0.2, 0) is 4.43 Å². The highest BCUT2D eigenvalue weighted by atomic mass is 28.4. The summed E-state index contributed by atoms with van der Waals surface area (Å²) in [5, 5.41) is 3.21. The fourth-order valence-corrected chi connectivity index (χ4v) is 10.4. The summed E-state index contributed by atoms with van der Waals surface area (Å²) in [7, 11) is -2.19. The second-order valence-corrected chi connectivity index (χ2v) is 11.7. The van der Waals surface area contributed by atoms with Crippen LogP contribution in [0.3, 0.4) is 0 Å². The van der Waals surface area contributed by atoms with Crippen LogP contribution in [0, 0.1) is 11.8 Å². The zero-order valence-corrected chi connectivity index (χ0v) is 18.6. The minimum Gasteiger partial charge on any atom is -0.406 e. The molecule has 2 unspecified atom stereocenters. The van der Waals surface area contributed by atoms with Crippen molar-refractivity contribution in [1.29, 1.82) is 0 Å². The highest BCUT2D eigenvalue weighted by Crippen LogP contribution is 2.50. The third kappa shape index (κ3) is 2.72. The Hall–Kier alpha value is -0.863. The molecule has 0 heterocycles. The van der Waals surface area contributed by atoms with Gasteiger partial charge in [0.25, 0.3) is 0 Å². The first-order valence-electron chi connectivity index (χ1n) is 9.40. The first-order chi connectivity index (χ1) is 10.9. The summed E-state index contributed by atoms with van der Waals surface area (Å²) >= 11 is 0. The van der Waals surface area contributed by atoms with E-state index in [0.29, 0.717) is 11.8 Å². The van der Waals surface area contributed by atoms with Crippen molar-refractivity contribution in [3.8, 4) is 0 Å². The molecule has 0 amide bonds. The molecule has 0 radical (unpaired) electrons. The topological polar surface area (TPSA) is 9.23 Å². The van der Waals surface area contributed by atoms with Gasteiger partial charge in [0.15, 0.2) is 0 Å². The number of hydrogen-bond acceptors (Lipinski definition) is 1. The fourth-order valence-electron chi connectivity index (χ4n) is 5.01. The number of rotatable bonds is 4. The van der Waals surface area contributed by atoms with Gasteiger partial charge < -0.3 is 4.43 Å². The lowest BCUT2D eigenvalue weighted by atomic mass is 10.0. The Morgan fingerprint density at radius 2 is 1.04 bits per heavy atom. The summed E-state index contributed by atoms with van der Waals surface area (Å²) in [5.74, 6) is 1.02. The zero-order valence-electron chi connectivity index (χ0n) is 17.6. The molecule has 0 saturated heterocycles. The van der Waals surface area contributed by atoms with Gasteiger partial charge in [0.1, 0.15) is 0 Å². The average Bonchev–Trinajstić information content (AvgIpc) is 2.80. The lowest BCUT2D eigenvalue weighted by molar-refractivity contribution is 0.234. The van der Waals surface area contributed by atoms with Gasteiger partial charge in [0.05, 0.1) is 0 Å². The maximum Gasteiger partial charge on any atom is 0.246 e. The summed E-state index contributed by atoms with van der Waals surface area (Å²) in [6, 6.07) is 0. The first kappa shape index (κ1) is 19.5. The molecule has 24 heavy (non-hydrogen) atoms. The van der Waals surface area contributed by atoms with Crippen molar-refractivity contribution in [3.05, 3.63) is 43.8 Å². The average molecular weight is 345 g/mol. The maximum atomic E-state index is 6.85. The van der Waals surface area contributed by atoms with Gasteiger partial charge >= 0.3 is 0 Å². The van der Waals surface area contributed by atoms with Gasteiger partial charge in [0.2, 0.25) is 8.32 Å². The molecule has 2 heteroatoms. The molecule has 0 N–H and O–H groups in total. The van der Waals surface area contributed by atoms with E-state index in [1.54, 1.807) is 10.4 Å². The smallest absolute Gasteiger partial charge is 0.246 e. The van der Waals surface area contributed by atoms with E-state index < -0.39 is 8.32 Å². The third-order valence-corrected chi connectivity index (χ3v) is 11.4. The van der Waals surface area contributed by atoms with Crippen molar-refractivity contribution in [2.75, 3.05) is 0 Å². The van der Waals surface area contributed by atoms with Crippen LogP contribution in [0.1, 0.15) is 69.2 Å². The van der Waals surface area contributed by atoms with Crippen molar-refractivity contribution in [1.82, 2.24) is 0 Å².